The van der Waals surface area contributed by atoms with Gasteiger partial charge in [-0.2, -0.15) is 5.21 Å². The van der Waals surface area contributed by atoms with E-state index in [0.717, 1.165) is 46.5 Å². The zero-order chi connectivity index (χ0) is 28.4. The van der Waals surface area contributed by atoms with Gasteiger partial charge in [0, 0.05) is 34.8 Å². The first-order valence-corrected chi connectivity index (χ1v) is 13.4. The molecule has 0 aliphatic carbocycles. The molecule has 0 bridgehead atoms. The molecule has 3 heterocycles. The average Bonchev–Trinajstić information content (AvgIpc) is 3.58. The maximum absolute atomic E-state index is 14.0. The van der Waals surface area contributed by atoms with E-state index in [2.05, 4.69) is 53.3 Å². The van der Waals surface area contributed by atoms with Crippen molar-refractivity contribution in [3.05, 3.63) is 99.9 Å². The molecule has 0 aliphatic heterocycles. The summed E-state index contributed by atoms with van der Waals surface area (Å²) in [4.78, 5) is 31.2. The smallest absolute Gasteiger partial charge is 0.294 e. The third-order valence-electron chi connectivity index (χ3n) is 6.99. The van der Waals surface area contributed by atoms with Gasteiger partial charge in [-0.05, 0) is 53.3 Å². The number of carbonyl (C=O) groups excluding carboxylic acids is 1. The zero-order valence-corrected chi connectivity index (χ0v) is 23.5. The Bertz CT molecular complexity index is 1710. The second kappa shape index (κ2) is 10.8. The van der Waals surface area contributed by atoms with Crippen molar-refractivity contribution in [2.45, 2.75) is 59.4 Å². The standard InChI is InChI=1S/C31H33N7O2/c1-6-9-23-19-38(28-24(20(2)39)10-7-12-26(28)31(3,4)5)30(40)37(23)18-21-13-15-22(16-14-21)27-25(11-8-17-32-27)29-33-35-36-34-29/h7-8,10-17,19H,6,9,18H2,1-5H3,(H,33,34,35,36). The Morgan fingerprint density at radius 2 is 1.80 bits per heavy atom. The van der Waals surface area contributed by atoms with Crippen LogP contribution in [0.4, 0.5) is 0 Å². The Morgan fingerprint density at radius 3 is 2.45 bits per heavy atom. The number of carbonyl (C=O) groups is 1. The minimum atomic E-state index is -0.255. The van der Waals surface area contributed by atoms with Gasteiger partial charge in [0.25, 0.3) is 0 Å². The number of imidazole rings is 1. The first kappa shape index (κ1) is 26.9. The van der Waals surface area contributed by atoms with Crippen molar-refractivity contribution in [2.24, 2.45) is 0 Å². The second-order valence-electron chi connectivity index (χ2n) is 10.9. The molecule has 0 atom stereocenters. The molecule has 2 aromatic carbocycles. The average molecular weight is 536 g/mol. The molecule has 0 amide bonds. The fraction of sp³-hybridized carbons (Fsp3) is 0.290. The van der Waals surface area contributed by atoms with Crippen molar-refractivity contribution < 1.29 is 4.79 Å². The summed E-state index contributed by atoms with van der Waals surface area (Å²) in [6.45, 7) is 10.3. The lowest BCUT2D eigenvalue weighted by Gasteiger charge is -2.24. The number of aromatic amines is 1. The lowest BCUT2D eigenvalue weighted by Crippen LogP contribution is -2.28. The van der Waals surface area contributed by atoms with E-state index in [-0.39, 0.29) is 16.9 Å². The maximum atomic E-state index is 14.0. The molecule has 204 valence electrons. The molecule has 5 rings (SSSR count). The highest BCUT2D eigenvalue weighted by atomic mass is 16.2. The van der Waals surface area contributed by atoms with Crippen LogP contribution < -0.4 is 5.69 Å². The van der Waals surface area contributed by atoms with Crippen LogP contribution in [0.3, 0.4) is 0 Å². The molecule has 0 unspecified atom stereocenters. The Labute approximate surface area is 232 Å². The minimum Gasteiger partial charge on any atom is -0.294 e. The molecule has 0 saturated heterocycles. The summed E-state index contributed by atoms with van der Waals surface area (Å²) < 4.78 is 3.48. The van der Waals surface area contributed by atoms with Gasteiger partial charge in [-0.3, -0.25) is 18.9 Å². The van der Waals surface area contributed by atoms with Crippen molar-refractivity contribution in [1.82, 2.24) is 34.7 Å². The number of hydrogen-bond donors (Lipinski definition) is 1. The number of hydrogen-bond acceptors (Lipinski definition) is 6. The predicted octanol–water partition coefficient (Wildman–Crippen LogP) is 5.38. The van der Waals surface area contributed by atoms with Crippen molar-refractivity contribution in [2.75, 3.05) is 0 Å². The molecule has 0 radical (unpaired) electrons. The van der Waals surface area contributed by atoms with E-state index in [1.165, 1.54) is 0 Å². The molecule has 40 heavy (non-hydrogen) atoms. The topological polar surface area (TPSA) is 111 Å². The summed E-state index contributed by atoms with van der Waals surface area (Å²) >= 11 is 0. The lowest BCUT2D eigenvalue weighted by atomic mass is 9.84. The quantitative estimate of drug-likeness (QED) is 0.267. The number of Topliss-reactive ketones (excluding diaryl/α,β-unsaturated/α-hetero) is 1. The van der Waals surface area contributed by atoms with Crippen LogP contribution in [0.5, 0.6) is 0 Å². The molecule has 9 nitrogen and oxygen atoms in total. The summed E-state index contributed by atoms with van der Waals surface area (Å²) in [6.07, 6.45) is 5.27. The van der Waals surface area contributed by atoms with Crippen LogP contribution in [0.2, 0.25) is 0 Å². The minimum absolute atomic E-state index is 0.0666. The van der Waals surface area contributed by atoms with Crippen LogP contribution in [0.25, 0.3) is 28.3 Å². The highest BCUT2D eigenvalue weighted by Crippen LogP contribution is 2.31. The number of aryl methyl sites for hydroxylation is 1. The molecule has 0 aliphatic rings. The monoisotopic (exact) mass is 535 g/mol. The summed E-state index contributed by atoms with van der Waals surface area (Å²) in [7, 11) is 0. The van der Waals surface area contributed by atoms with Gasteiger partial charge in [0.1, 0.15) is 0 Å². The number of tetrazole rings is 1. The van der Waals surface area contributed by atoms with E-state index in [9.17, 15) is 9.59 Å². The molecular weight excluding hydrogens is 502 g/mol. The van der Waals surface area contributed by atoms with Gasteiger partial charge >= 0.3 is 5.69 Å². The van der Waals surface area contributed by atoms with Gasteiger partial charge in [0.05, 0.1) is 17.9 Å². The summed E-state index contributed by atoms with van der Waals surface area (Å²) in [5.74, 6) is 0.410. The van der Waals surface area contributed by atoms with Crippen molar-refractivity contribution in [1.29, 1.82) is 0 Å². The van der Waals surface area contributed by atoms with Gasteiger partial charge in [0.15, 0.2) is 5.78 Å². The normalized spacial score (nSPS) is 11.6. The Kier molecular flexibility index (Phi) is 7.30. The van der Waals surface area contributed by atoms with Gasteiger partial charge in [-0.1, -0.05) is 70.5 Å². The summed E-state index contributed by atoms with van der Waals surface area (Å²) in [5.41, 5.74) is 6.11. The van der Waals surface area contributed by atoms with E-state index < -0.39 is 0 Å². The SMILES string of the molecule is CCCc1cn(-c2c(C(C)=O)cccc2C(C)(C)C)c(=O)n1Cc1ccc(-c2ncccc2-c2nn[nH]n2)cc1. The molecule has 0 fully saturated rings. The van der Waals surface area contributed by atoms with Crippen molar-refractivity contribution in [3.63, 3.8) is 0 Å². The molecule has 0 spiro atoms. The van der Waals surface area contributed by atoms with Gasteiger partial charge in [0.2, 0.25) is 5.82 Å². The zero-order valence-electron chi connectivity index (χ0n) is 23.5. The number of H-pyrrole nitrogens is 1. The van der Waals surface area contributed by atoms with Crippen LogP contribution in [-0.2, 0) is 18.4 Å². The number of benzene rings is 2. The third-order valence-corrected chi connectivity index (χ3v) is 6.99. The molecule has 1 N–H and O–H groups in total. The largest absolute Gasteiger partial charge is 0.333 e. The van der Waals surface area contributed by atoms with Gasteiger partial charge in [-0.15, -0.1) is 10.2 Å². The van der Waals surface area contributed by atoms with Crippen LogP contribution in [0.15, 0.2) is 71.8 Å². The summed E-state index contributed by atoms with van der Waals surface area (Å²) in [6, 6.07) is 17.4. The molecular formula is C31H33N7O2. The van der Waals surface area contributed by atoms with Crippen LogP contribution in [0, 0.1) is 0 Å². The van der Waals surface area contributed by atoms with E-state index in [1.54, 1.807) is 23.8 Å². The fourth-order valence-electron chi connectivity index (χ4n) is 5.05. The number of nitrogens with one attached hydrogen (secondary N) is 1. The Hall–Kier alpha value is -4.66. The Balaban J connectivity index is 1.55. The number of ketones is 1. The van der Waals surface area contributed by atoms with Crippen molar-refractivity contribution in [3.8, 4) is 28.3 Å². The third kappa shape index (κ3) is 5.14. The molecule has 0 saturated carbocycles. The highest BCUT2D eigenvalue weighted by Gasteiger charge is 2.25. The molecule has 9 heteroatoms. The van der Waals surface area contributed by atoms with Gasteiger partial charge < -0.3 is 0 Å². The van der Waals surface area contributed by atoms with Crippen LogP contribution in [0.1, 0.15) is 68.2 Å². The van der Waals surface area contributed by atoms with E-state index in [0.29, 0.717) is 23.6 Å². The lowest BCUT2D eigenvalue weighted by molar-refractivity contribution is 0.101. The van der Waals surface area contributed by atoms with Crippen LogP contribution >= 0.6 is 0 Å². The van der Waals surface area contributed by atoms with Crippen LogP contribution in [-0.4, -0.2) is 40.5 Å². The van der Waals surface area contributed by atoms with E-state index >= 15 is 0 Å². The first-order valence-electron chi connectivity index (χ1n) is 13.4. The maximum Gasteiger partial charge on any atom is 0.333 e. The van der Waals surface area contributed by atoms with Gasteiger partial charge in [-0.25, -0.2) is 4.79 Å². The Morgan fingerprint density at radius 1 is 1.02 bits per heavy atom. The number of para-hydroxylation sites is 1. The fourth-order valence-corrected chi connectivity index (χ4v) is 5.05. The highest BCUT2D eigenvalue weighted by molar-refractivity contribution is 5.98. The number of pyridine rings is 1. The molecule has 5 aromatic rings. The number of nitrogens with zero attached hydrogens (tertiary/aromatic N) is 6. The summed E-state index contributed by atoms with van der Waals surface area (Å²) in [5, 5.41) is 14.4. The number of aromatic nitrogens is 7. The second-order valence-corrected chi connectivity index (χ2v) is 10.9. The van der Waals surface area contributed by atoms with Crippen molar-refractivity contribution >= 4 is 5.78 Å². The van der Waals surface area contributed by atoms with E-state index in [4.69, 9.17) is 0 Å². The number of rotatable bonds is 8. The first-order chi connectivity index (χ1) is 19.2. The predicted molar refractivity (Wildman–Crippen MR) is 155 cm³/mol. The molecule has 3 aromatic heterocycles. The van der Waals surface area contributed by atoms with E-state index in [1.807, 2.05) is 59.3 Å².